The van der Waals surface area contributed by atoms with E-state index in [0.29, 0.717) is 6.54 Å². The monoisotopic (exact) mass is 267 g/mol. The van der Waals surface area contributed by atoms with E-state index in [0.717, 1.165) is 5.56 Å². The van der Waals surface area contributed by atoms with E-state index >= 15 is 0 Å². The largest absolute Gasteiger partial charge is 0.472 e. The average molecular weight is 268 g/mol. The number of carbonyl (C=O) groups excluding carboxylic acids is 1. The third-order valence-corrected chi connectivity index (χ3v) is 2.84. The van der Waals surface area contributed by atoms with Crippen LogP contribution in [0.4, 0.5) is 4.39 Å². The molecule has 1 amide bonds. The minimum atomic E-state index is -0.619. The summed E-state index contributed by atoms with van der Waals surface area (Å²) in [6.45, 7) is 0.333. The Morgan fingerprint density at radius 3 is 2.83 bits per heavy atom. The fraction of sp³-hybridized carbons (Fsp3) is 0.154. The molecule has 0 radical (unpaired) electrons. The first-order valence-corrected chi connectivity index (χ1v) is 5.68. The van der Waals surface area contributed by atoms with Gasteiger partial charge in [-0.15, -0.1) is 0 Å². The van der Waals surface area contributed by atoms with Crippen LogP contribution in [0.2, 0.25) is 5.02 Å². The molecular weight excluding hydrogens is 257 g/mol. The van der Waals surface area contributed by atoms with E-state index in [4.69, 9.17) is 16.0 Å². The molecule has 1 aromatic heterocycles. The van der Waals surface area contributed by atoms with Crippen molar-refractivity contribution in [2.75, 3.05) is 7.05 Å². The normalized spacial score (nSPS) is 10.4. The number of furan rings is 1. The first-order valence-electron chi connectivity index (χ1n) is 5.30. The lowest BCUT2D eigenvalue weighted by atomic mass is 10.2. The van der Waals surface area contributed by atoms with Crippen molar-refractivity contribution in [3.63, 3.8) is 0 Å². The quantitative estimate of drug-likeness (QED) is 0.854. The molecule has 0 aliphatic carbocycles. The van der Waals surface area contributed by atoms with Crippen LogP contribution in [0.1, 0.15) is 15.9 Å². The van der Waals surface area contributed by atoms with Crippen molar-refractivity contribution in [1.82, 2.24) is 4.90 Å². The average Bonchev–Trinajstić information content (AvgIpc) is 2.81. The molecule has 5 heteroatoms. The summed E-state index contributed by atoms with van der Waals surface area (Å²) in [6.07, 6.45) is 3.05. The highest BCUT2D eigenvalue weighted by molar-refractivity contribution is 6.33. The summed E-state index contributed by atoms with van der Waals surface area (Å²) in [6, 6.07) is 5.91. The molecule has 1 aromatic carbocycles. The van der Waals surface area contributed by atoms with Crippen molar-refractivity contribution in [2.45, 2.75) is 6.54 Å². The highest BCUT2D eigenvalue weighted by Crippen LogP contribution is 2.21. The SMILES string of the molecule is CN(Cc1ccoc1)C(=O)c1c(F)cccc1Cl. The van der Waals surface area contributed by atoms with Gasteiger partial charge in [0.1, 0.15) is 5.82 Å². The van der Waals surface area contributed by atoms with Crippen molar-refractivity contribution in [3.8, 4) is 0 Å². The Morgan fingerprint density at radius 1 is 1.44 bits per heavy atom. The highest BCUT2D eigenvalue weighted by Gasteiger charge is 2.19. The molecular formula is C13H11ClFNO2. The second-order valence-electron chi connectivity index (χ2n) is 3.89. The van der Waals surface area contributed by atoms with E-state index in [-0.39, 0.29) is 10.6 Å². The Morgan fingerprint density at radius 2 is 2.22 bits per heavy atom. The van der Waals surface area contributed by atoms with Crippen LogP contribution >= 0.6 is 11.6 Å². The van der Waals surface area contributed by atoms with Crippen LogP contribution in [0.5, 0.6) is 0 Å². The Labute approximate surface area is 109 Å². The minimum absolute atomic E-state index is 0.106. The van der Waals surface area contributed by atoms with E-state index in [1.807, 2.05) is 0 Å². The number of rotatable bonds is 3. The summed E-state index contributed by atoms with van der Waals surface area (Å²) in [4.78, 5) is 13.5. The van der Waals surface area contributed by atoms with E-state index in [2.05, 4.69) is 0 Å². The molecule has 94 valence electrons. The molecule has 0 unspecified atom stereocenters. The van der Waals surface area contributed by atoms with Crippen LogP contribution in [0.3, 0.4) is 0 Å². The highest BCUT2D eigenvalue weighted by atomic mass is 35.5. The van der Waals surface area contributed by atoms with E-state index in [1.54, 1.807) is 13.1 Å². The first kappa shape index (κ1) is 12.6. The van der Waals surface area contributed by atoms with Crippen molar-refractivity contribution >= 4 is 17.5 Å². The maximum absolute atomic E-state index is 13.6. The number of hydrogen-bond acceptors (Lipinski definition) is 2. The van der Waals surface area contributed by atoms with Gasteiger partial charge < -0.3 is 9.32 Å². The zero-order valence-corrected chi connectivity index (χ0v) is 10.4. The van der Waals surface area contributed by atoms with Crippen LogP contribution in [0, 0.1) is 5.82 Å². The van der Waals surface area contributed by atoms with Crippen molar-refractivity contribution in [1.29, 1.82) is 0 Å². The number of carbonyl (C=O) groups is 1. The summed E-state index contributed by atoms with van der Waals surface area (Å²) in [5.74, 6) is -1.08. The van der Waals surface area contributed by atoms with Gasteiger partial charge in [-0.1, -0.05) is 17.7 Å². The predicted octanol–water partition coefficient (Wildman–Crippen LogP) is 3.34. The van der Waals surface area contributed by atoms with Crippen LogP contribution in [-0.2, 0) is 6.54 Å². The molecule has 0 saturated heterocycles. The lowest BCUT2D eigenvalue weighted by Crippen LogP contribution is -2.27. The van der Waals surface area contributed by atoms with E-state index in [1.165, 1.54) is 35.6 Å². The molecule has 2 rings (SSSR count). The maximum Gasteiger partial charge on any atom is 0.258 e. The molecule has 0 atom stereocenters. The summed E-state index contributed by atoms with van der Waals surface area (Å²) in [5.41, 5.74) is 0.725. The summed E-state index contributed by atoms with van der Waals surface area (Å²) in [5, 5.41) is 0.110. The third-order valence-electron chi connectivity index (χ3n) is 2.52. The molecule has 1 heterocycles. The summed E-state index contributed by atoms with van der Waals surface area (Å²) < 4.78 is 18.5. The minimum Gasteiger partial charge on any atom is -0.472 e. The van der Waals surface area contributed by atoms with Crippen LogP contribution in [-0.4, -0.2) is 17.9 Å². The van der Waals surface area contributed by atoms with Crippen molar-refractivity contribution < 1.29 is 13.6 Å². The maximum atomic E-state index is 13.6. The molecule has 0 fully saturated rings. The summed E-state index contributed by atoms with van der Waals surface area (Å²) in [7, 11) is 1.58. The number of hydrogen-bond donors (Lipinski definition) is 0. The topological polar surface area (TPSA) is 33.5 Å². The van der Waals surface area contributed by atoms with Gasteiger partial charge in [0, 0.05) is 19.2 Å². The van der Waals surface area contributed by atoms with Gasteiger partial charge in [0.05, 0.1) is 23.1 Å². The molecule has 3 nitrogen and oxygen atoms in total. The Bertz CT molecular complexity index is 534. The fourth-order valence-electron chi connectivity index (χ4n) is 1.62. The van der Waals surface area contributed by atoms with Crippen molar-refractivity contribution in [3.05, 3.63) is 58.8 Å². The fourth-order valence-corrected chi connectivity index (χ4v) is 1.87. The first-order chi connectivity index (χ1) is 8.59. The molecule has 18 heavy (non-hydrogen) atoms. The van der Waals surface area contributed by atoms with E-state index < -0.39 is 11.7 Å². The van der Waals surface area contributed by atoms with Gasteiger partial charge >= 0.3 is 0 Å². The van der Waals surface area contributed by atoms with Crippen LogP contribution in [0.25, 0.3) is 0 Å². The van der Waals surface area contributed by atoms with Gasteiger partial charge in [-0.05, 0) is 18.2 Å². The third kappa shape index (κ3) is 2.54. The van der Waals surface area contributed by atoms with Gasteiger partial charge in [0.25, 0.3) is 5.91 Å². The number of amides is 1. The second kappa shape index (κ2) is 5.23. The zero-order valence-electron chi connectivity index (χ0n) is 9.69. The molecule has 0 aliphatic heterocycles. The van der Waals surface area contributed by atoms with Crippen LogP contribution in [0.15, 0.2) is 41.2 Å². The van der Waals surface area contributed by atoms with Gasteiger partial charge in [0.2, 0.25) is 0 Å². The molecule has 0 saturated carbocycles. The Hall–Kier alpha value is -1.81. The molecule has 0 aliphatic rings. The lowest BCUT2D eigenvalue weighted by molar-refractivity contribution is 0.0780. The summed E-state index contributed by atoms with van der Waals surface area (Å²) >= 11 is 5.84. The Kier molecular flexibility index (Phi) is 3.67. The van der Waals surface area contributed by atoms with Gasteiger partial charge in [-0.3, -0.25) is 4.79 Å². The molecule has 0 N–H and O–H groups in total. The van der Waals surface area contributed by atoms with Gasteiger partial charge in [-0.2, -0.15) is 0 Å². The van der Waals surface area contributed by atoms with Crippen LogP contribution < -0.4 is 0 Å². The zero-order chi connectivity index (χ0) is 13.1. The molecule has 0 spiro atoms. The smallest absolute Gasteiger partial charge is 0.258 e. The van der Waals surface area contributed by atoms with Gasteiger partial charge in [0.15, 0.2) is 0 Å². The standard InChI is InChI=1S/C13H11ClFNO2/c1-16(7-9-5-6-18-8-9)13(17)12-10(14)3-2-4-11(12)15/h2-6,8H,7H2,1H3. The number of benzene rings is 1. The number of halogens is 2. The molecule has 2 aromatic rings. The van der Waals surface area contributed by atoms with E-state index in [9.17, 15) is 9.18 Å². The lowest BCUT2D eigenvalue weighted by Gasteiger charge is -2.17. The number of nitrogens with zero attached hydrogens (tertiary/aromatic N) is 1. The van der Waals surface area contributed by atoms with Crippen molar-refractivity contribution in [2.24, 2.45) is 0 Å². The Balaban J connectivity index is 2.21. The van der Waals surface area contributed by atoms with Gasteiger partial charge in [-0.25, -0.2) is 4.39 Å². The second-order valence-corrected chi connectivity index (χ2v) is 4.30. The predicted molar refractivity (Wildman–Crippen MR) is 65.9 cm³/mol. The molecule has 0 bridgehead atoms.